The van der Waals surface area contributed by atoms with Crippen LogP contribution in [0.25, 0.3) is 0 Å². The lowest BCUT2D eigenvalue weighted by Gasteiger charge is -2.28. The minimum atomic E-state index is -3.26. The first-order chi connectivity index (χ1) is 10.9. The first-order valence-corrected chi connectivity index (χ1v) is 10.1. The van der Waals surface area contributed by atoms with E-state index >= 15 is 0 Å². The van der Waals surface area contributed by atoms with Crippen molar-refractivity contribution in [2.75, 3.05) is 19.4 Å². The number of alkyl halides is 4. The Balaban J connectivity index is -0.000000400. The fourth-order valence-electron chi connectivity index (χ4n) is 3.15. The normalized spacial score (nSPS) is 26.1. The molecule has 0 bridgehead atoms. The van der Waals surface area contributed by atoms with Crippen molar-refractivity contribution >= 4 is 10.0 Å². The van der Waals surface area contributed by atoms with Crippen molar-refractivity contribution in [1.82, 2.24) is 4.72 Å². The van der Waals surface area contributed by atoms with Crippen LogP contribution in [0.5, 0.6) is 0 Å². The summed E-state index contributed by atoms with van der Waals surface area (Å²) in [6.45, 7) is 0.0456. The van der Waals surface area contributed by atoms with Crippen LogP contribution in [-0.4, -0.2) is 44.8 Å². The summed E-state index contributed by atoms with van der Waals surface area (Å²) in [5, 5.41) is 8.59. The van der Waals surface area contributed by atoms with Gasteiger partial charge in [0, 0.05) is 38.8 Å². The highest BCUT2D eigenvalue weighted by Crippen LogP contribution is 2.37. The van der Waals surface area contributed by atoms with Crippen molar-refractivity contribution < 1.29 is 31.1 Å². The summed E-state index contributed by atoms with van der Waals surface area (Å²) < 4.78 is 74.6. The third-order valence-electron chi connectivity index (χ3n) is 4.38. The highest BCUT2D eigenvalue weighted by Gasteiger charge is 2.36. The average molecular weight is 426 g/mol. The van der Waals surface area contributed by atoms with Gasteiger partial charge in [-0.05, 0) is 37.5 Å². The molecule has 2 saturated carbocycles. The number of nitrogens with one attached hydrogen (secondary N) is 1. The maximum atomic E-state index is 12.9. The van der Waals surface area contributed by atoms with Gasteiger partial charge in [-0.2, -0.15) is 0 Å². The van der Waals surface area contributed by atoms with Crippen LogP contribution in [0, 0.1) is 11.8 Å². The first kappa shape index (κ1) is 31.3. The molecule has 0 radical (unpaired) electrons. The highest BCUT2D eigenvalue weighted by atomic mass is 32.2. The van der Waals surface area contributed by atoms with Crippen molar-refractivity contribution in [3.8, 4) is 0 Å². The lowest BCUT2D eigenvalue weighted by molar-refractivity contribution is -0.0602. The fraction of sp³-hybridized carbons (Fsp3) is 1.00. The Morgan fingerprint density at radius 1 is 0.926 bits per heavy atom. The summed E-state index contributed by atoms with van der Waals surface area (Å²) in [4.78, 5) is 0. The summed E-state index contributed by atoms with van der Waals surface area (Å²) in [6, 6.07) is 0. The van der Waals surface area contributed by atoms with Gasteiger partial charge in [-0.1, -0.05) is 22.3 Å². The van der Waals surface area contributed by atoms with Crippen molar-refractivity contribution in [2.24, 2.45) is 11.8 Å². The third kappa shape index (κ3) is 14.3. The van der Waals surface area contributed by atoms with Crippen LogP contribution in [0.2, 0.25) is 0 Å². The van der Waals surface area contributed by atoms with Crippen LogP contribution in [0.3, 0.4) is 0 Å². The molecule has 0 spiro atoms. The van der Waals surface area contributed by atoms with Gasteiger partial charge in [0.15, 0.2) is 0 Å². The molecule has 2 atom stereocenters. The van der Waals surface area contributed by atoms with Gasteiger partial charge in [0.1, 0.15) is 0 Å². The quantitative estimate of drug-likeness (QED) is 0.618. The number of rotatable bonds is 4. The van der Waals surface area contributed by atoms with E-state index in [1.807, 2.05) is 0 Å². The zero-order valence-electron chi connectivity index (χ0n) is 13.9. The number of hydrogen-bond acceptors (Lipinski definition) is 3. The molecular formula is C18H39F4NO3S. The van der Waals surface area contributed by atoms with E-state index in [4.69, 9.17) is 5.11 Å². The van der Waals surface area contributed by atoms with Crippen LogP contribution >= 0.6 is 0 Å². The predicted molar refractivity (Wildman–Crippen MR) is 104 cm³/mol. The van der Waals surface area contributed by atoms with Gasteiger partial charge in [-0.15, -0.1) is 0 Å². The first-order valence-electron chi connectivity index (χ1n) is 8.24. The Kier molecular flexibility index (Phi) is 15.0. The number of hydrogen-bond donors (Lipinski definition) is 2. The smallest absolute Gasteiger partial charge is 0.248 e. The lowest BCUT2D eigenvalue weighted by atomic mass is 9.87. The number of aliphatic hydroxyl groups excluding tert-OH is 1. The molecule has 0 aromatic carbocycles. The van der Waals surface area contributed by atoms with E-state index in [0.29, 0.717) is 19.3 Å². The zero-order chi connectivity index (χ0) is 18.4. The van der Waals surface area contributed by atoms with Crippen molar-refractivity contribution in [2.45, 2.75) is 85.5 Å². The molecule has 4 nitrogen and oxygen atoms in total. The molecule has 0 heterocycles. The molecule has 2 aliphatic rings. The summed E-state index contributed by atoms with van der Waals surface area (Å²) in [6.07, 6.45) is 3.12. The Labute approximate surface area is 163 Å². The molecule has 2 fully saturated rings. The van der Waals surface area contributed by atoms with E-state index in [2.05, 4.69) is 4.72 Å². The molecule has 2 aliphatic carbocycles. The molecule has 168 valence electrons. The largest absolute Gasteiger partial charge is 0.396 e. The van der Waals surface area contributed by atoms with E-state index in [0.717, 1.165) is 12.7 Å². The minimum Gasteiger partial charge on any atom is -0.396 e. The molecule has 0 aliphatic heterocycles. The molecule has 0 aromatic rings. The monoisotopic (exact) mass is 425 g/mol. The van der Waals surface area contributed by atoms with Crippen LogP contribution in [0.1, 0.15) is 73.6 Å². The van der Waals surface area contributed by atoms with Crippen molar-refractivity contribution in [1.29, 1.82) is 0 Å². The molecule has 2 rings (SSSR count). The zero-order valence-corrected chi connectivity index (χ0v) is 14.7. The summed E-state index contributed by atoms with van der Waals surface area (Å²) in [7, 11) is -3.26. The summed E-state index contributed by atoms with van der Waals surface area (Å²) in [5.74, 6) is -5.51. The maximum absolute atomic E-state index is 12.9. The number of halogens is 4. The summed E-state index contributed by atoms with van der Waals surface area (Å²) in [5.41, 5.74) is 0. The number of aliphatic hydroxyl groups is 1. The molecule has 0 saturated heterocycles. The molecule has 27 heavy (non-hydrogen) atoms. The van der Waals surface area contributed by atoms with Crippen LogP contribution < -0.4 is 4.72 Å². The van der Waals surface area contributed by atoms with E-state index in [-0.39, 0.29) is 73.0 Å². The Morgan fingerprint density at radius 3 is 1.67 bits per heavy atom. The number of sulfonamides is 1. The fourth-order valence-corrected chi connectivity index (χ4v) is 3.69. The van der Waals surface area contributed by atoms with Gasteiger partial charge in [-0.25, -0.2) is 30.7 Å². The van der Waals surface area contributed by atoms with Gasteiger partial charge in [-0.3, -0.25) is 0 Å². The van der Waals surface area contributed by atoms with Crippen LogP contribution in [-0.2, 0) is 10.0 Å². The van der Waals surface area contributed by atoms with Gasteiger partial charge in [0.2, 0.25) is 21.9 Å². The molecule has 9 heteroatoms. The van der Waals surface area contributed by atoms with Gasteiger partial charge in [0.05, 0.1) is 6.26 Å². The molecule has 2 unspecified atom stereocenters. The Morgan fingerprint density at radius 2 is 1.33 bits per heavy atom. The van der Waals surface area contributed by atoms with Crippen LogP contribution in [0.4, 0.5) is 17.6 Å². The van der Waals surface area contributed by atoms with Gasteiger partial charge >= 0.3 is 0 Å². The van der Waals surface area contributed by atoms with E-state index in [9.17, 15) is 26.0 Å². The summed E-state index contributed by atoms with van der Waals surface area (Å²) >= 11 is 0. The third-order valence-corrected chi connectivity index (χ3v) is 5.07. The Bertz CT molecular complexity index is 487. The predicted octanol–water partition coefficient (Wildman–Crippen LogP) is 5.07. The second-order valence-electron chi connectivity index (χ2n) is 6.94. The van der Waals surface area contributed by atoms with E-state index < -0.39 is 21.9 Å². The Hall–Kier alpha value is -0.410. The second-order valence-corrected chi connectivity index (χ2v) is 8.77. The average Bonchev–Trinajstić information content (AvgIpc) is 2.43. The SMILES string of the molecule is C.C.C.CS(=O)(=O)NCC1CCCC(F)(F)C1.OCC1CCCC(F)(F)C1. The molecular weight excluding hydrogens is 386 g/mol. The van der Waals surface area contributed by atoms with Crippen molar-refractivity contribution in [3.05, 3.63) is 0 Å². The molecule has 0 amide bonds. The lowest BCUT2D eigenvalue weighted by Crippen LogP contribution is -2.34. The molecule has 2 N–H and O–H groups in total. The second kappa shape index (κ2) is 12.9. The standard InChI is InChI=1S/C8H15F2NO2S.C7H12F2O.3CH4/c1-14(12,13)11-6-7-3-2-4-8(9,10)5-7;8-7(9)3-1-2-6(4-7)5-10;;;/h7,11H,2-6H2,1H3;6,10H,1-5H2;3*1H4. The van der Waals surface area contributed by atoms with E-state index in [1.54, 1.807) is 0 Å². The van der Waals surface area contributed by atoms with Gasteiger partial charge < -0.3 is 5.11 Å². The van der Waals surface area contributed by atoms with Crippen molar-refractivity contribution in [3.63, 3.8) is 0 Å². The minimum absolute atomic E-state index is 0. The van der Waals surface area contributed by atoms with E-state index in [1.165, 1.54) is 0 Å². The van der Waals surface area contributed by atoms with Gasteiger partial charge in [0.25, 0.3) is 0 Å². The van der Waals surface area contributed by atoms with Crippen LogP contribution in [0.15, 0.2) is 0 Å². The molecule has 0 aromatic heterocycles. The highest BCUT2D eigenvalue weighted by molar-refractivity contribution is 7.88. The maximum Gasteiger partial charge on any atom is 0.248 e. The topological polar surface area (TPSA) is 66.4 Å².